The van der Waals surface area contributed by atoms with E-state index in [0.717, 1.165) is 10.7 Å². The van der Waals surface area contributed by atoms with Crippen molar-refractivity contribution in [2.75, 3.05) is 6.54 Å². The molecule has 0 radical (unpaired) electrons. The Bertz CT molecular complexity index is 410. The summed E-state index contributed by atoms with van der Waals surface area (Å²) in [6.45, 7) is 13.0. The van der Waals surface area contributed by atoms with Crippen molar-refractivity contribution in [1.82, 2.24) is 10.3 Å². The van der Waals surface area contributed by atoms with Gasteiger partial charge in [0.15, 0.2) is 5.78 Å². The molecule has 0 bridgehead atoms. The first-order valence-corrected chi connectivity index (χ1v) is 7.17. The van der Waals surface area contributed by atoms with Gasteiger partial charge in [0, 0.05) is 16.3 Å². The Morgan fingerprint density at radius 1 is 1.28 bits per heavy atom. The number of carbonyl (C=O) groups is 1. The molecule has 0 spiro atoms. The maximum absolute atomic E-state index is 11.8. The van der Waals surface area contributed by atoms with Gasteiger partial charge >= 0.3 is 0 Å². The molecule has 3 nitrogen and oxygen atoms in total. The zero-order valence-electron chi connectivity index (χ0n) is 12.3. The van der Waals surface area contributed by atoms with E-state index >= 15 is 0 Å². The smallest absolute Gasteiger partial charge is 0.153 e. The Balaban J connectivity index is 2.53. The van der Waals surface area contributed by atoms with Crippen LogP contribution in [0.15, 0.2) is 5.38 Å². The number of nitrogens with one attached hydrogen (secondary N) is 1. The number of Topliss-reactive ketones (excluding diaryl/α,β-unsaturated/α-hetero) is 1. The van der Waals surface area contributed by atoms with Gasteiger partial charge < -0.3 is 5.32 Å². The third-order valence-electron chi connectivity index (χ3n) is 2.48. The molecule has 0 aliphatic carbocycles. The number of ketones is 1. The van der Waals surface area contributed by atoms with Crippen LogP contribution < -0.4 is 5.32 Å². The minimum Gasteiger partial charge on any atom is -0.305 e. The van der Waals surface area contributed by atoms with E-state index in [9.17, 15) is 4.79 Å². The van der Waals surface area contributed by atoms with E-state index in [-0.39, 0.29) is 16.7 Å². The van der Waals surface area contributed by atoms with Crippen LogP contribution in [0, 0.1) is 0 Å². The molecular weight excluding hydrogens is 244 g/mol. The standard InChI is InChI=1S/C14H24N2OS/c1-13(2,3)11-9-18-12(16-11)7-10(17)8-15-14(4,5)6/h9,15H,7-8H2,1-6H3. The summed E-state index contributed by atoms with van der Waals surface area (Å²) < 4.78 is 0. The first-order valence-electron chi connectivity index (χ1n) is 6.29. The van der Waals surface area contributed by atoms with E-state index in [2.05, 4.69) is 57.2 Å². The molecule has 1 aromatic rings. The van der Waals surface area contributed by atoms with Crippen LogP contribution in [0.1, 0.15) is 52.2 Å². The molecule has 0 unspecified atom stereocenters. The maximum atomic E-state index is 11.8. The monoisotopic (exact) mass is 268 g/mol. The fraction of sp³-hybridized carbons (Fsp3) is 0.714. The van der Waals surface area contributed by atoms with Crippen molar-refractivity contribution >= 4 is 17.1 Å². The van der Waals surface area contributed by atoms with Crippen molar-refractivity contribution < 1.29 is 4.79 Å². The molecule has 1 heterocycles. The number of hydrogen-bond donors (Lipinski definition) is 1. The number of carbonyl (C=O) groups excluding carboxylic acids is 1. The molecule has 1 N–H and O–H groups in total. The second-order valence-electron chi connectivity index (χ2n) is 6.70. The molecule has 18 heavy (non-hydrogen) atoms. The van der Waals surface area contributed by atoms with Crippen LogP contribution in [0.5, 0.6) is 0 Å². The van der Waals surface area contributed by atoms with Crippen LogP contribution in [0.25, 0.3) is 0 Å². The molecule has 0 amide bonds. The van der Waals surface area contributed by atoms with E-state index < -0.39 is 0 Å². The SMILES string of the molecule is CC(C)(C)NCC(=O)Cc1nc(C(C)(C)C)cs1. The normalized spacial score (nSPS) is 12.8. The van der Waals surface area contributed by atoms with E-state index in [1.807, 2.05) is 0 Å². The van der Waals surface area contributed by atoms with Gasteiger partial charge in [-0.1, -0.05) is 20.8 Å². The van der Waals surface area contributed by atoms with Gasteiger partial charge in [-0.05, 0) is 20.8 Å². The predicted molar refractivity (Wildman–Crippen MR) is 77.3 cm³/mol. The fourth-order valence-electron chi connectivity index (χ4n) is 1.33. The molecule has 1 aromatic heterocycles. The fourth-order valence-corrected chi connectivity index (χ4v) is 2.38. The zero-order chi connectivity index (χ0) is 14.0. The lowest BCUT2D eigenvalue weighted by Gasteiger charge is -2.19. The Hall–Kier alpha value is -0.740. The lowest BCUT2D eigenvalue weighted by Crippen LogP contribution is -2.39. The Morgan fingerprint density at radius 2 is 1.89 bits per heavy atom. The van der Waals surface area contributed by atoms with E-state index in [4.69, 9.17) is 0 Å². The van der Waals surface area contributed by atoms with Crippen LogP contribution in [0.3, 0.4) is 0 Å². The number of nitrogens with zero attached hydrogens (tertiary/aromatic N) is 1. The van der Waals surface area contributed by atoms with Gasteiger partial charge in [0.1, 0.15) is 5.01 Å². The number of rotatable bonds is 4. The molecule has 0 aliphatic heterocycles. The van der Waals surface area contributed by atoms with Crippen LogP contribution >= 0.6 is 11.3 Å². The second kappa shape index (κ2) is 5.49. The van der Waals surface area contributed by atoms with Crippen LogP contribution in [0.4, 0.5) is 0 Å². The van der Waals surface area contributed by atoms with Crippen molar-refractivity contribution in [3.05, 3.63) is 16.1 Å². The molecule has 0 fully saturated rings. The molecular formula is C14H24N2OS. The van der Waals surface area contributed by atoms with Crippen LogP contribution in [-0.2, 0) is 16.6 Å². The van der Waals surface area contributed by atoms with Crippen molar-refractivity contribution in [3.63, 3.8) is 0 Å². The van der Waals surface area contributed by atoms with E-state index in [1.165, 1.54) is 0 Å². The van der Waals surface area contributed by atoms with Gasteiger partial charge in [-0.25, -0.2) is 4.98 Å². The van der Waals surface area contributed by atoms with E-state index in [1.54, 1.807) is 11.3 Å². The number of thiazole rings is 1. The molecule has 1 rings (SSSR count). The van der Waals surface area contributed by atoms with Crippen LogP contribution in [-0.4, -0.2) is 22.9 Å². The minimum atomic E-state index is -0.0187. The van der Waals surface area contributed by atoms with Gasteiger partial charge in [0.25, 0.3) is 0 Å². The molecule has 0 aromatic carbocycles. The minimum absolute atomic E-state index is 0.0187. The summed E-state index contributed by atoms with van der Waals surface area (Å²) in [5.74, 6) is 0.194. The molecule has 102 valence electrons. The highest BCUT2D eigenvalue weighted by Gasteiger charge is 2.18. The highest BCUT2D eigenvalue weighted by molar-refractivity contribution is 7.09. The molecule has 4 heteroatoms. The van der Waals surface area contributed by atoms with Crippen molar-refractivity contribution in [3.8, 4) is 0 Å². The second-order valence-corrected chi connectivity index (χ2v) is 7.64. The lowest BCUT2D eigenvalue weighted by molar-refractivity contribution is -0.117. The van der Waals surface area contributed by atoms with Gasteiger partial charge in [-0.15, -0.1) is 11.3 Å². The molecule has 0 saturated heterocycles. The average molecular weight is 268 g/mol. The van der Waals surface area contributed by atoms with Crippen molar-refractivity contribution in [2.45, 2.75) is 58.9 Å². The first-order chi connectivity index (χ1) is 8.08. The molecule has 0 aliphatic rings. The Morgan fingerprint density at radius 3 is 2.33 bits per heavy atom. The van der Waals surface area contributed by atoms with Crippen molar-refractivity contribution in [1.29, 1.82) is 0 Å². The largest absolute Gasteiger partial charge is 0.305 e. The Kier molecular flexibility index (Phi) is 4.67. The third kappa shape index (κ3) is 5.27. The van der Waals surface area contributed by atoms with Gasteiger partial charge in [0.05, 0.1) is 18.7 Å². The molecule has 0 saturated carbocycles. The number of aromatic nitrogens is 1. The maximum Gasteiger partial charge on any atom is 0.153 e. The van der Waals surface area contributed by atoms with Gasteiger partial charge in [-0.3, -0.25) is 4.79 Å². The summed E-state index contributed by atoms with van der Waals surface area (Å²) in [5, 5.41) is 6.18. The van der Waals surface area contributed by atoms with Crippen molar-refractivity contribution in [2.24, 2.45) is 0 Å². The summed E-state index contributed by atoms with van der Waals surface area (Å²) >= 11 is 1.58. The van der Waals surface area contributed by atoms with Crippen LogP contribution in [0.2, 0.25) is 0 Å². The highest BCUT2D eigenvalue weighted by Crippen LogP contribution is 2.24. The third-order valence-corrected chi connectivity index (χ3v) is 3.33. The quantitative estimate of drug-likeness (QED) is 0.913. The van der Waals surface area contributed by atoms with Gasteiger partial charge in [-0.2, -0.15) is 0 Å². The first kappa shape index (κ1) is 15.3. The molecule has 0 atom stereocenters. The summed E-state index contributed by atoms with van der Waals surface area (Å²) in [7, 11) is 0. The zero-order valence-corrected chi connectivity index (χ0v) is 13.1. The van der Waals surface area contributed by atoms with Gasteiger partial charge in [0.2, 0.25) is 0 Å². The average Bonchev–Trinajstić information content (AvgIpc) is 2.61. The predicted octanol–water partition coefficient (Wildman–Crippen LogP) is 2.94. The van der Waals surface area contributed by atoms with E-state index in [0.29, 0.717) is 13.0 Å². The summed E-state index contributed by atoms with van der Waals surface area (Å²) in [4.78, 5) is 16.4. The summed E-state index contributed by atoms with van der Waals surface area (Å²) in [5.41, 5.74) is 1.11. The Labute approximate surface area is 114 Å². The lowest BCUT2D eigenvalue weighted by atomic mass is 9.93. The highest BCUT2D eigenvalue weighted by atomic mass is 32.1. The summed E-state index contributed by atoms with van der Waals surface area (Å²) in [6, 6.07) is 0. The topological polar surface area (TPSA) is 42.0 Å². The number of hydrogen-bond acceptors (Lipinski definition) is 4. The summed E-state index contributed by atoms with van der Waals surface area (Å²) in [6.07, 6.45) is 0.434.